The molecular formula is C17H20N4O2. The Morgan fingerprint density at radius 1 is 1.13 bits per heavy atom. The highest BCUT2D eigenvalue weighted by atomic mass is 16.5. The maximum Gasteiger partial charge on any atom is 0.240 e. The molecule has 0 saturated heterocycles. The van der Waals surface area contributed by atoms with E-state index < -0.39 is 0 Å². The Bertz CT molecular complexity index is 800. The fourth-order valence-corrected chi connectivity index (χ4v) is 2.54. The minimum atomic E-state index is 0.269. The first-order valence-corrected chi connectivity index (χ1v) is 7.44. The molecule has 0 bridgehead atoms. The highest BCUT2D eigenvalue weighted by Gasteiger charge is 2.09. The lowest BCUT2D eigenvalue weighted by Gasteiger charge is -2.15. The van der Waals surface area contributed by atoms with Crippen molar-refractivity contribution in [2.45, 2.75) is 19.6 Å². The second-order valence-electron chi connectivity index (χ2n) is 5.53. The number of hydrogen-bond acceptors (Lipinski definition) is 6. The SMILES string of the molecule is COc1ccc2cc(CN(C)Cc3noc(CN)n3)ccc2c1. The molecule has 120 valence electrons. The summed E-state index contributed by atoms with van der Waals surface area (Å²) in [5, 5.41) is 6.28. The number of benzene rings is 2. The Morgan fingerprint density at radius 2 is 1.91 bits per heavy atom. The highest BCUT2D eigenvalue weighted by molar-refractivity contribution is 5.84. The molecule has 0 atom stereocenters. The first-order valence-electron chi connectivity index (χ1n) is 7.44. The van der Waals surface area contributed by atoms with E-state index in [1.807, 2.05) is 19.2 Å². The molecule has 0 radical (unpaired) electrons. The Balaban J connectivity index is 1.70. The van der Waals surface area contributed by atoms with E-state index >= 15 is 0 Å². The molecule has 0 unspecified atom stereocenters. The number of nitrogens with two attached hydrogens (primary N) is 1. The zero-order valence-electron chi connectivity index (χ0n) is 13.3. The molecule has 1 heterocycles. The Hall–Kier alpha value is -2.44. The van der Waals surface area contributed by atoms with Gasteiger partial charge < -0.3 is 15.0 Å². The fraction of sp³-hybridized carbons (Fsp3) is 0.294. The van der Waals surface area contributed by atoms with E-state index in [1.165, 1.54) is 16.3 Å². The third-order valence-corrected chi connectivity index (χ3v) is 3.66. The number of aromatic nitrogens is 2. The van der Waals surface area contributed by atoms with Gasteiger partial charge in [0.15, 0.2) is 5.82 Å². The van der Waals surface area contributed by atoms with Crippen molar-refractivity contribution in [2.75, 3.05) is 14.2 Å². The summed E-state index contributed by atoms with van der Waals surface area (Å²) in [4.78, 5) is 6.36. The molecule has 0 fully saturated rings. The van der Waals surface area contributed by atoms with Crippen LogP contribution in [0.25, 0.3) is 10.8 Å². The average molecular weight is 312 g/mol. The van der Waals surface area contributed by atoms with Gasteiger partial charge in [0.05, 0.1) is 20.2 Å². The molecule has 6 nitrogen and oxygen atoms in total. The quantitative estimate of drug-likeness (QED) is 0.752. The van der Waals surface area contributed by atoms with Crippen LogP contribution in [0.15, 0.2) is 40.9 Å². The number of rotatable bonds is 6. The van der Waals surface area contributed by atoms with E-state index in [9.17, 15) is 0 Å². The van der Waals surface area contributed by atoms with Gasteiger partial charge in [0, 0.05) is 6.54 Å². The summed E-state index contributed by atoms with van der Waals surface area (Å²) in [5.41, 5.74) is 6.70. The van der Waals surface area contributed by atoms with E-state index in [2.05, 4.69) is 39.3 Å². The van der Waals surface area contributed by atoms with Crippen LogP contribution < -0.4 is 10.5 Å². The molecule has 0 aliphatic rings. The van der Waals surface area contributed by atoms with Crippen LogP contribution in [0.4, 0.5) is 0 Å². The van der Waals surface area contributed by atoms with Crippen LogP contribution in [0.3, 0.4) is 0 Å². The predicted molar refractivity (Wildman–Crippen MR) is 87.9 cm³/mol. The lowest BCUT2D eigenvalue weighted by Crippen LogP contribution is -2.18. The van der Waals surface area contributed by atoms with E-state index in [0.717, 1.165) is 12.3 Å². The molecule has 0 aliphatic carbocycles. The lowest BCUT2D eigenvalue weighted by molar-refractivity contribution is 0.300. The van der Waals surface area contributed by atoms with Gasteiger partial charge in [0.1, 0.15) is 5.75 Å². The van der Waals surface area contributed by atoms with Crippen LogP contribution in [-0.4, -0.2) is 29.2 Å². The summed E-state index contributed by atoms with van der Waals surface area (Å²) >= 11 is 0. The third-order valence-electron chi connectivity index (χ3n) is 3.66. The zero-order valence-corrected chi connectivity index (χ0v) is 13.3. The predicted octanol–water partition coefficient (Wildman–Crippen LogP) is 2.32. The summed E-state index contributed by atoms with van der Waals surface area (Å²) in [7, 11) is 3.70. The van der Waals surface area contributed by atoms with Gasteiger partial charge in [-0.15, -0.1) is 0 Å². The van der Waals surface area contributed by atoms with Crippen LogP contribution in [0, 0.1) is 0 Å². The molecule has 0 saturated carbocycles. The fourth-order valence-electron chi connectivity index (χ4n) is 2.54. The monoisotopic (exact) mass is 312 g/mol. The summed E-state index contributed by atoms with van der Waals surface area (Å²) in [6.07, 6.45) is 0. The zero-order chi connectivity index (χ0) is 16.2. The molecule has 1 aromatic heterocycles. The largest absolute Gasteiger partial charge is 0.497 e. The molecule has 23 heavy (non-hydrogen) atoms. The molecule has 0 amide bonds. The number of nitrogens with zero attached hydrogens (tertiary/aromatic N) is 3. The molecule has 6 heteroatoms. The van der Waals surface area contributed by atoms with Gasteiger partial charge >= 0.3 is 0 Å². The van der Waals surface area contributed by atoms with Crippen LogP contribution in [0.2, 0.25) is 0 Å². The van der Waals surface area contributed by atoms with Crippen molar-refractivity contribution in [3.63, 3.8) is 0 Å². The van der Waals surface area contributed by atoms with Gasteiger partial charge in [-0.3, -0.25) is 4.90 Å². The second kappa shape index (κ2) is 6.76. The molecule has 0 aliphatic heterocycles. The first-order chi connectivity index (χ1) is 11.2. The summed E-state index contributed by atoms with van der Waals surface area (Å²) in [6, 6.07) is 12.5. The van der Waals surface area contributed by atoms with Gasteiger partial charge in [-0.25, -0.2) is 0 Å². The van der Waals surface area contributed by atoms with E-state index in [0.29, 0.717) is 18.3 Å². The van der Waals surface area contributed by atoms with Crippen molar-refractivity contribution < 1.29 is 9.26 Å². The number of fused-ring (bicyclic) bond motifs is 1. The van der Waals surface area contributed by atoms with E-state index in [-0.39, 0.29) is 6.54 Å². The van der Waals surface area contributed by atoms with Gasteiger partial charge in [-0.1, -0.05) is 23.4 Å². The Kier molecular flexibility index (Phi) is 4.55. The standard InChI is InChI=1S/C17H20N4O2/c1-21(11-16-19-17(9-18)23-20-16)10-12-3-4-14-8-15(22-2)6-5-13(14)7-12/h3-8H,9-11,18H2,1-2H3. The van der Waals surface area contributed by atoms with Crippen molar-refractivity contribution in [1.29, 1.82) is 0 Å². The van der Waals surface area contributed by atoms with Crippen LogP contribution in [-0.2, 0) is 19.6 Å². The normalized spacial score (nSPS) is 11.3. The molecule has 2 N–H and O–H groups in total. The van der Waals surface area contributed by atoms with Gasteiger partial charge in [-0.05, 0) is 41.6 Å². The summed E-state index contributed by atoms with van der Waals surface area (Å²) < 4.78 is 10.3. The van der Waals surface area contributed by atoms with Gasteiger partial charge in [0.2, 0.25) is 5.89 Å². The summed E-state index contributed by atoms with van der Waals surface area (Å²) in [6.45, 7) is 1.68. The molecule has 3 aromatic rings. The number of methoxy groups -OCH3 is 1. The minimum Gasteiger partial charge on any atom is -0.497 e. The maximum absolute atomic E-state index is 5.47. The number of hydrogen-bond donors (Lipinski definition) is 1. The Morgan fingerprint density at radius 3 is 2.65 bits per heavy atom. The van der Waals surface area contributed by atoms with Crippen molar-refractivity contribution in [2.24, 2.45) is 5.73 Å². The van der Waals surface area contributed by atoms with Crippen molar-refractivity contribution in [3.05, 3.63) is 53.7 Å². The van der Waals surface area contributed by atoms with Gasteiger partial charge in [0.25, 0.3) is 0 Å². The molecule has 2 aromatic carbocycles. The Labute approximate surface area is 134 Å². The van der Waals surface area contributed by atoms with E-state index in [1.54, 1.807) is 7.11 Å². The molecular weight excluding hydrogens is 292 g/mol. The third kappa shape index (κ3) is 3.67. The second-order valence-corrected chi connectivity index (χ2v) is 5.53. The lowest BCUT2D eigenvalue weighted by atomic mass is 10.1. The van der Waals surface area contributed by atoms with E-state index in [4.69, 9.17) is 15.0 Å². The molecule has 0 spiro atoms. The van der Waals surface area contributed by atoms with Crippen LogP contribution >= 0.6 is 0 Å². The highest BCUT2D eigenvalue weighted by Crippen LogP contribution is 2.22. The van der Waals surface area contributed by atoms with Crippen LogP contribution in [0.1, 0.15) is 17.3 Å². The van der Waals surface area contributed by atoms with Crippen molar-refractivity contribution in [1.82, 2.24) is 15.0 Å². The summed E-state index contributed by atoms with van der Waals surface area (Å²) in [5.74, 6) is 1.99. The van der Waals surface area contributed by atoms with Crippen LogP contribution in [0.5, 0.6) is 5.75 Å². The van der Waals surface area contributed by atoms with Gasteiger partial charge in [-0.2, -0.15) is 4.98 Å². The molecule has 3 rings (SSSR count). The number of ether oxygens (including phenoxy) is 1. The first kappa shape index (κ1) is 15.5. The smallest absolute Gasteiger partial charge is 0.240 e. The average Bonchev–Trinajstić information content (AvgIpc) is 3.01. The van der Waals surface area contributed by atoms with Crippen molar-refractivity contribution in [3.8, 4) is 5.75 Å². The maximum atomic E-state index is 5.47. The minimum absolute atomic E-state index is 0.269. The topological polar surface area (TPSA) is 77.4 Å². The van der Waals surface area contributed by atoms with Crippen molar-refractivity contribution >= 4 is 10.8 Å².